The van der Waals surface area contributed by atoms with Crippen molar-refractivity contribution in [1.29, 1.82) is 0 Å². The van der Waals surface area contributed by atoms with Gasteiger partial charge < -0.3 is 15.2 Å². The molecule has 1 aliphatic carbocycles. The summed E-state index contributed by atoms with van der Waals surface area (Å²) >= 11 is 1.08. The molecule has 0 aliphatic heterocycles. The summed E-state index contributed by atoms with van der Waals surface area (Å²) in [6.45, 7) is 2.29. The third kappa shape index (κ3) is 4.99. The van der Waals surface area contributed by atoms with Crippen LogP contribution in [-0.2, 0) is 30.5 Å². The average Bonchev–Trinajstić information content (AvgIpc) is 3.33. The van der Waals surface area contributed by atoms with Crippen molar-refractivity contribution < 1.29 is 19.4 Å². The first-order chi connectivity index (χ1) is 19.3. The molecule has 0 radical (unpaired) electrons. The molecule has 5 aromatic rings. The highest BCUT2D eigenvalue weighted by Crippen LogP contribution is 2.48. The van der Waals surface area contributed by atoms with E-state index in [4.69, 9.17) is 9.72 Å². The van der Waals surface area contributed by atoms with Gasteiger partial charge in [0.05, 0.1) is 47.4 Å². The summed E-state index contributed by atoms with van der Waals surface area (Å²) < 4.78 is 7.47. The first-order valence-electron chi connectivity index (χ1n) is 12.9. The van der Waals surface area contributed by atoms with E-state index < -0.39 is 11.5 Å². The van der Waals surface area contributed by atoms with E-state index in [1.54, 1.807) is 10.9 Å². The Balaban J connectivity index is 1.20. The minimum Gasteiger partial charge on any atom is -0.477 e. The van der Waals surface area contributed by atoms with Crippen LogP contribution >= 0.6 is 11.3 Å². The van der Waals surface area contributed by atoms with Gasteiger partial charge in [0.15, 0.2) is 0 Å². The monoisotopic (exact) mass is 553 g/mol. The normalized spacial score (nSPS) is 13.8. The SMILES string of the molecule is Cc1cc(COCc2ncsc2C(=O)O)ccc1C(=O)NC1(c2cc(-c3cnn(C)c3)nc3ccccc23)CC1. The molecule has 0 unspecified atom stereocenters. The van der Waals surface area contributed by atoms with Crippen molar-refractivity contribution in [2.24, 2.45) is 7.05 Å². The molecule has 0 spiro atoms. The molecule has 40 heavy (non-hydrogen) atoms. The lowest BCUT2D eigenvalue weighted by Crippen LogP contribution is -2.35. The Kier molecular flexibility index (Phi) is 6.65. The number of amides is 1. The predicted molar refractivity (Wildman–Crippen MR) is 151 cm³/mol. The van der Waals surface area contributed by atoms with Gasteiger partial charge in [-0.1, -0.05) is 30.3 Å². The van der Waals surface area contributed by atoms with Gasteiger partial charge in [-0.15, -0.1) is 11.3 Å². The molecule has 10 heteroatoms. The maximum atomic E-state index is 13.5. The maximum absolute atomic E-state index is 13.5. The largest absolute Gasteiger partial charge is 0.477 e. The minimum absolute atomic E-state index is 0.107. The first kappa shape index (κ1) is 25.8. The highest BCUT2D eigenvalue weighted by atomic mass is 32.1. The van der Waals surface area contributed by atoms with Crippen LogP contribution in [0, 0.1) is 6.92 Å². The van der Waals surface area contributed by atoms with Crippen molar-refractivity contribution in [2.75, 3.05) is 0 Å². The van der Waals surface area contributed by atoms with E-state index in [9.17, 15) is 14.7 Å². The topological polar surface area (TPSA) is 119 Å². The molecule has 9 nitrogen and oxygen atoms in total. The van der Waals surface area contributed by atoms with E-state index in [1.807, 2.05) is 56.6 Å². The van der Waals surface area contributed by atoms with E-state index in [-0.39, 0.29) is 24.0 Å². The zero-order valence-electron chi connectivity index (χ0n) is 22.0. The molecule has 1 amide bonds. The van der Waals surface area contributed by atoms with Crippen molar-refractivity contribution in [3.63, 3.8) is 0 Å². The van der Waals surface area contributed by atoms with Gasteiger partial charge in [0, 0.05) is 29.8 Å². The molecule has 202 valence electrons. The molecule has 0 saturated heterocycles. The molecule has 2 aromatic carbocycles. The highest BCUT2D eigenvalue weighted by molar-refractivity contribution is 7.11. The molecule has 1 saturated carbocycles. The van der Waals surface area contributed by atoms with Crippen molar-refractivity contribution in [2.45, 2.75) is 38.5 Å². The smallest absolute Gasteiger partial charge is 0.347 e. The number of carbonyl (C=O) groups is 2. The molecule has 0 bridgehead atoms. The van der Waals surface area contributed by atoms with Crippen LogP contribution in [-0.4, -0.2) is 36.7 Å². The summed E-state index contributed by atoms with van der Waals surface area (Å²) in [4.78, 5) is 33.9. The number of benzene rings is 2. The van der Waals surface area contributed by atoms with Crippen LogP contribution in [0.15, 0.2) is 66.4 Å². The van der Waals surface area contributed by atoms with Gasteiger partial charge in [-0.05, 0) is 54.7 Å². The van der Waals surface area contributed by atoms with Crippen molar-refractivity contribution >= 4 is 34.1 Å². The number of rotatable bonds is 9. The van der Waals surface area contributed by atoms with E-state index in [2.05, 4.69) is 27.5 Å². The Labute approximate surface area is 234 Å². The number of carbonyl (C=O) groups excluding carboxylic acids is 1. The number of nitrogens with one attached hydrogen (secondary N) is 1. The van der Waals surface area contributed by atoms with Crippen molar-refractivity contribution in [3.05, 3.63) is 99.3 Å². The number of fused-ring (bicyclic) bond motifs is 1. The molecular weight excluding hydrogens is 526 g/mol. The van der Waals surface area contributed by atoms with E-state index in [0.717, 1.165) is 63.0 Å². The Morgan fingerprint density at radius 1 is 1.15 bits per heavy atom. The zero-order chi connectivity index (χ0) is 27.9. The summed E-state index contributed by atoms with van der Waals surface area (Å²) in [7, 11) is 1.88. The summed E-state index contributed by atoms with van der Waals surface area (Å²) in [5.74, 6) is -1.13. The zero-order valence-corrected chi connectivity index (χ0v) is 22.9. The summed E-state index contributed by atoms with van der Waals surface area (Å²) in [5.41, 5.74) is 7.50. The second-order valence-electron chi connectivity index (χ2n) is 10.1. The number of hydrogen-bond acceptors (Lipinski definition) is 7. The van der Waals surface area contributed by atoms with Crippen LogP contribution in [0.4, 0.5) is 0 Å². The third-order valence-corrected chi connectivity index (χ3v) is 8.07. The Morgan fingerprint density at radius 2 is 1.98 bits per heavy atom. The van der Waals surface area contributed by atoms with Crippen LogP contribution in [0.1, 0.15) is 55.3 Å². The fourth-order valence-corrected chi connectivity index (χ4v) is 5.66. The molecule has 6 rings (SSSR count). The van der Waals surface area contributed by atoms with Gasteiger partial charge in [0.2, 0.25) is 0 Å². The fourth-order valence-electron chi connectivity index (χ4n) is 5.03. The third-order valence-electron chi connectivity index (χ3n) is 7.21. The van der Waals surface area contributed by atoms with E-state index in [1.165, 1.54) is 5.51 Å². The predicted octanol–water partition coefficient (Wildman–Crippen LogP) is 5.23. The molecule has 1 aliphatic rings. The van der Waals surface area contributed by atoms with Crippen molar-refractivity contribution in [3.8, 4) is 11.3 Å². The Hall–Kier alpha value is -4.41. The van der Waals surface area contributed by atoms with Gasteiger partial charge >= 0.3 is 5.97 Å². The molecule has 1 fully saturated rings. The number of aryl methyl sites for hydroxylation is 2. The number of aromatic nitrogens is 4. The number of thiazole rings is 1. The molecule has 2 N–H and O–H groups in total. The molecule has 3 aromatic heterocycles. The van der Waals surface area contributed by atoms with Crippen LogP contribution in [0.25, 0.3) is 22.2 Å². The van der Waals surface area contributed by atoms with Crippen LogP contribution in [0.5, 0.6) is 0 Å². The van der Waals surface area contributed by atoms with Gasteiger partial charge in [0.25, 0.3) is 5.91 Å². The number of pyridine rings is 1. The van der Waals surface area contributed by atoms with Gasteiger partial charge in [-0.2, -0.15) is 5.10 Å². The second-order valence-corrected chi connectivity index (χ2v) is 10.9. The number of ether oxygens (including phenoxy) is 1. The van der Waals surface area contributed by atoms with Crippen molar-refractivity contribution in [1.82, 2.24) is 25.1 Å². The standard InChI is InChI=1S/C30H27N5O4S/c1-18-11-19(15-39-16-26-27(29(37)38)40-17-31-26)7-8-21(18)28(36)34-30(9-10-30)23-12-25(20-13-32-35(2)14-20)33-24-6-4-3-5-22(23)24/h3-8,11-14,17H,9-10,15-16H2,1-2H3,(H,34,36)(H,37,38). The van der Waals surface area contributed by atoms with Gasteiger partial charge in [-0.25, -0.2) is 14.8 Å². The highest BCUT2D eigenvalue weighted by Gasteiger charge is 2.47. The lowest BCUT2D eigenvalue weighted by molar-refractivity contribution is 0.0688. The maximum Gasteiger partial charge on any atom is 0.347 e. The lowest BCUT2D eigenvalue weighted by Gasteiger charge is -2.21. The quantitative estimate of drug-likeness (QED) is 0.256. The van der Waals surface area contributed by atoms with Crippen LogP contribution in [0.3, 0.4) is 0 Å². The Bertz CT molecular complexity index is 1750. The van der Waals surface area contributed by atoms with Crippen LogP contribution in [0.2, 0.25) is 0 Å². The lowest BCUT2D eigenvalue weighted by atomic mass is 9.96. The number of para-hydroxylation sites is 1. The van der Waals surface area contributed by atoms with Gasteiger partial charge in [-0.3, -0.25) is 9.48 Å². The minimum atomic E-state index is -1.01. The molecule has 3 heterocycles. The molecule has 0 atom stereocenters. The molecular formula is C30H27N5O4S. The number of carboxylic acids is 1. The number of nitrogens with zero attached hydrogens (tertiary/aromatic N) is 4. The number of aromatic carboxylic acids is 1. The van der Waals surface area contributed by atoms with Gasteiger partial charge in [0.1, 0.15) is 4.88 Å². The number of carboxylic acid groups (broad SMARTS) is 1. The fraction of sp³-hybridized carbons (Fsp3) is 0.233. The van der Waals surface area contributed by atoms with Crippen LogP contribution < -0.4 is 5.32 Å². The summed E-state index contributed by atoms with van der Waals surface area (Å²) in [6, 6.07) is 15.7. The van der Waals surface area contributed by atoms with E-state index in [0.29, 0.717) is 11.3 Å². The average molecular weight is 554 g/mol. The van der Waals surface area contributed by atoms with E-state index >= 15 is 0 Å². The second kappa shape index (κ2) is 10.3. The Morgan fingerprint density at radius 3 is 2.70 bits per heavy atom. The summed E-state index contributed by atoms with van der Waals surface area (Å²) in [6.07, 6.45) is 5.43. The summed E-state index contributed by atoms with van der Waals surface area (Å²) in [5, 5.41) is 17.9. The number of hydrogen-bond donors (Lipinski definition) is 2. The first-order valence-corrected chi connectivity index (χ1v) is 13.8.